The van der Waals surface area contributed by atoms with Crippen LogP contribution in [0.5, 0.6) is 0 Å². The number of fused-ring (bicyclic) bond motifs is 4. The van der Waals surface area contributed by atoms with Gasteiger partial charge >= 0.3 is 133 Å². The van der Waals surface area contributed by atoms with Gasteiger partial charge in [-0.15, -0.1) is 0 Å². The van der Waals surface area contributed by atoms with E-state index in [1.165, 1.54) is 173 Å². The molecule has 8 rings (SSSR count). The van der Waals surface area contributed by atoms with E-state index in [2.05, 4.69) is 145 Å². The van der Waals surface area contributed by atoms with Crippen molar-refractivity contribution in [3.8, 4) is 0 Å². The number of rotatable bonds is 17. The third-order valence-corrected chi connectivity index (χ3v) is 22.0. The molecule has 23 nitrogen and oxygen atoms in total. The van der Waals surface area contributed by atoms with E-state index in [4.69, 9.17) is 86.5 Å². The van der Waals surface area contributed by atoms with Crippen LogP contribution in [-0.4, -0.2) is 289 Å². The van der Waals surface area contributed by atoms with Crippen LogP contribution in [0.4, 0.5) is 0 Å². The number of nitrogens with two attached hydrogens (primary N) is 2. The average Bonchev–Trinajstić information content (AvgIpc) is 1.82. The topological polar surface area (TPSA) is 295 Å². The quantitative estimate of drug-likeness (QED) is 0.0497. The van der Waals surface area contributed by atoms with Crippen molar-refractivity contribution in [2.24, 2.45) is 5.73 Å². The average molecular weight is 2000 g/mol. The predicted octanol–water partition coefficient (Wildman–Crippen LogP) is -3.51. The molecule has 113 heavy (non-hydrogen) atoms. The molecular weight excluding hydrogens is 1830 g/mol. The van der Waals surface area contributed by atoms with E-state index in [1.807, 2.05) is 0 Å². The third kappa shape index (κ3) is 73.0. The zero-order valence-electron chi connectivity index (χ0n) is 69.8. The van der Waals surface area contributed by atoms with Gasteiger partial charge in [0.05, 0.1) is 13.6 Å². The summed E-state index contributed by atoms with van der Waals surface area (Å²) in [5, 5.41) is 79.9. The molecule has 0 amide bonds. The number of quaternary nitrogens is 1. The minimum absolute atomic E-state index is 0. The van der Waals surface area contributed by atoms with E-state index in [1.54, 1.807) is 0 Å². The normalized spacial score (nSPS) is 28.4. The second-order valence-corrected chi connectivity index (χ2v) is 38.2. The van der Waals surface area contributed by atoms with Gasteiger partial charge in [-0.1, -0.05) is 90.9 Å². The van der Waals surface area contributed by atoms with Crippen LogP contribution >= 0.6 is 80.8 Å². The van der Waals surface area contributed by atoms with Crippen molar-refractivity contribution in [2.75, 3.05) is 210 Å². The third-order valence-electron chi connectivity index (χ3n) is 22.0. The SMILES string of the molecule is CCCC[C@@H]1CN[C@@H](CCCC)CNCCNCCNCCN1.CNCCC[C@H]1CNC2CCCCC2NCCNC2CCCCC2NCCN1.C[NH2+]CCC[C@@H]1CN[C@H]2CCCC[C@H]2NCCNCCNCCN1.NCCC[C@H]1CN[C@@H]2CCCC[C@H]2NCCNCCNCCN1.[Cl-].[Cl-].[Cl-].[Cl][Mn][Cl].[Cl][Mn][Cl].[Cl][Mn][Cl].[Cl][Mn][Cl]. The monoisotopic (exact) mass is 1990 g/mol. The molecule has 4 aliphatic heterocycles. The van der Waals surface area contributed by atoms with Crippen molar-refractivity contribution < 1.29 is 95.1 Å². The molecule has 13 atom stereocenters. The van der Waals surface area contributed by atoms with Gasteiger partial charge in [-0.05, 0) is 123 Å². The summed E-state index contributed by atoms with van der Waals surface area (Å²) < 4.78 is 0. The Balaban J connectivity index is -0.00000135. The Kier molecular flexibility index (Phi) is 103. The van der Waals surface area contributed by atoms with Crippen LogP contribution in [0.1, 0.15) is 194 Å². The van der Waals surface area contributed by atoms with E-state index in [9.17, 15) is 0 Å². The molecule has 4 heterocycles. The van der Waals surface area contributed by atoms with Crippen molar-refractivity contribution in [1.82, 2.24) is 112 Å². The van der Waals surface area contributed by atoms with Crippen LogP contribution in [0.3, 0.4) is 0 Å². The molecule has 0 aromatic rings. The Morgan fingerprint density at radius 1 is 0.292 bits per heavy atom. The Labute approximate surface area is 768 Å². The maximum atomic E-state index is 5.70. The summed E-state index contributed by atoms with van der Waals surface area (Å²) in [6.07, 6.45) is 36.6. The standard InChI is InChI=1S/C22H46N6.C18H40N6.C18H41N5.C17H38N6.11ClH.4Mn/c1-23-12-6-7-18-17-28-22-11-5-4-10-21(22)27-16-15-26-20-9-3-2-8-19(20)25-14-13-24-18;1-19-8-4-5-16-15-24-18-7-3-2-6-17(18)23-14-12-21-10-9-20-11-13-22-16;1-3-5-7-17-15-21-12-11-19-9-10-20-13-14-22-18(16-23-17)8-6-4-2;18-7-3-4-15-14-23-17-6-2-1-5-16(17)22-13-11-20-9-8-19-10-12-21-15;;;;;;;;;;;;;;;/h18-28H,2-17H2,1H3;16-24H,2-15H2,1H3;17-23H,3-16H2,1-2H3;15-17,19-23H,1-14,18H2;11*1H;;;;/q;;;;;;;;;;;;;;;4*+2/p-10/t18-,19?,20?,21?,22?;16-,17-,18+;17-,18+;15-,16+,17+;;;;;;;;;;;;;;;/m0100.............../s1. The van der Waals surface area contributed by atoms with Crippen LogP contribution in [0.25, 0.3) is 0 Å². The molecule has 688 valence electrons. The van der Waals surface area contributed by atoms with Crippen molar-refractivity contribution >= 4 is 80.8 Å². The number of hydrogen-bond acceptors (Lipinski definition) is 22. The van der Waals surface area contributed by atoms with E-state index >= 15 is 0 Å². The van der Waals surface area contributed by atoms with Gasteiger partial charge in [0.2, 0.25) is 0 Å². The van der Waals surface area contributed by atoms with E-state index in [0.717, 1.165) is 203 Å². The van der Waals surface area contributed by atoms with Crippen LogP contribution in [0.2, 0.25) is 0 Å². The summed E-state index contributed by atoms with van der Waals surface area (Å²) in [7, 11) is 42.6. The van der Waals surface area contributed by atoms with E-state index < -0.39 is 0 Å². The second-order valence-electron chi connectivity index (χ2n) is 30.4. The molecule has 0 aromatic carbocycles. The Hall–Kier alpha value is 4.35. The number of nitrogens with one attached hydrogen (secondary N) is 21. The zero-order valence-corrected chi connectivity index (χ0v) is 82.9. The molecule has 4 saturated heterocycles. The molecule has 4 aliphatic carbocycles. The van der Waals surface area contributed by atoms with Crippen LogP contribution in [-0.2, 0) is 52.5 Å². The summed E-state index contributed by atoms with van der Waals surface area (Å²) in [5.41, 5.74) is 5.70. The van der Waals surface area contributed by atoms with Gasteiger partial charge in [-0.3, -0.25) is 0 Å². The molecule has 8 fully saturated rings. The molecule has 0 radical (unpaired) electrons. The number of unbranched alkanes of at least 4 members (excludes halogenated alkanes) is 2. The first-order valence-corrected chi connectivity index (χ1v) is 56.3. The summed E-state index contributed by atoms with van der Waals surface area (Å²) in [5.74, 6) is 0. The molecule has 4 saturated carbocycles. The van der Waals surface area contributed by atoms with Crippen molar-refractivity contribution in [3.63, 3.8) is 0 Å². The molecule has 8 aliphatic rings. The van der Waals surface area contributed by atoms with E-state index in [0.29, 0.717) is 78.5 Å². The van der Waals surface area contributed by atoms with Gasteiger partial charge in [0.15, 0.2) is 0 Å². The van der Waals surface area contributed by atoms with E-state index in [-0.39, 0.29) is 89.8 Å². The summed E-state index contributed by atoms with van der Waals surface area (Å²) in [6.45, 7) is 36.5. The van der Waals surface area contributed by atoms with Crippen molar-refractivity contribution in [1.29, 1.82) is 0 Å². The fourth-order valence-corrected chi connectivity index (χ4v) is 16.0. The first-order valence-electron chi connectivity index (χ1n) is 43.3. The Morgan fingerprint density at radius 2 is 0.513 bits per heavy atom. The predicted molar refractivity (Wildman–Crippen MR) is 467 cm³/mol. The van der Waals surface area contributed by atoms with Gasteiger partial charge in [0, 0.05) is 255 Å². The molecule has 25 N–H and O–H groups in total. The molecule has 38 heteroatoms. The first-order chi connectivity index (χ1) is 54.2. The minimum atomic E-state index is 0. The Morgan fingerprint density at radius 3 is 0.796 bits per heavy atom. The first kappa shape index (κ1) is 121. The number of halogens is 11. The fraction of sp³-hybridized carbons (Fsp3) is 1.00. The van der Waals surface area contributed by atoms with Crippen molar-refractivity contribution in [3.05, 3.63) is 0 Å². The second kappa shape index (κ2) is 95.5. The van der Waals surface area contributed by atoms with Crippen LogP contribution in [0, 0.1) is 0 Å². The molecule has 0 aromatic heterocycles. The molecule has 4 unspecified atom stereocenters. The van der Waals surface area contributed by atoms with Gasteiger partial charge < -0.3 is 160 Å². The number of hydrogen-bond donors (Lipinski definition) is 23. The van der Waals surface area contributed by atoms with Gasteiger partial charge in [0.1, 0.15) is 0 Å². The van der Waals surface area contributed by atoms with Crippen LogP contribution < -0.4 is 160 Å². The van der Waals surface area contributed by atoms with Gasteiger partial charge in [-0.25, -0.2) is 0 Å². The van der Waals surface area contributed by atoms with Crippen molar-refractivity contribution in [2.45, 2.75) is 272 Å². The maximum absolute atomic E-state index is 5.70. The van der Waals surface area contributed by atoms with Gasteiger partial charge in [-0.2, -0.15) is 0 Å². The Bertz CT molecular complexity index is 1830. The molecular formula is C75H166Cl11Mn4N23-2. The summed E-state index contributed by atoms with van der Waals surface area (Å²) in [4.78, 5) is 0. The fourth-order valence-electron chi connectivity index (χ4n) is 16.0. The summed E-state index contributed by atoms with van der Waals surface area (Å²) >= 11 is 0.0278. The van der Waals surface area contributed by atoms with Crippen LogP contribution in [0.15, 0.2) is 0 Å². The molecule has 0 bridgehead atoms. The zero-order chi connectivity index (χ0) is 79.9. The summed E-state index contributed by atoms with van der Waals surface area (Å²) in [6, 6.07) is 8.00. The van der Waals surface area contributed by atoms with Gasteiger partial charge in [0.25, 0.3) is 0 Å². The molecule has 0 spiro atoms.